The van der Waals surface area contributed by atoms with E-state index in [9.17, 15) is 9.59 Å². The Labute approximate surface area is 144 Å². The number of nitrogens with zero attached hydrogens (tertiary/aromatic N) is 2. The number of hydrogen-bond donors (Lipinski definition) is 0. The fourth-order valence-corrected chi connectivity index (χ4v) is 3.17. The molecule has 1 fully saturated rings. The number of likely N-dealkylation sites (tertiary alicyclic amines) is 1. The summed E-state index contributed by atoms with van der Waals surface area (Å²) in [7, 11) is 1.63. The van der Waals surface area contributed by atoms with E-state index in [2.05, 4.69) is 6.92 Å². The number of rotatable bonds is 8. The largest absolute Gasteiger partial charge is 0.383 e. The predicted molar refractivity (Wildman–Crippen MR) is 94.9 cm³/mol. The first kappa shape index (κ1) is 18.5. The number of methoxy groups -OCH3 is 1. The molecule has 0 bridgehead atoms. The second-order valence-corrected chi connectivity index (χ2v) is 6.43. The predicted octanol–water partition coefficient (Wildman–Crippen LogP) is 2.70. The normalized spacial score (nSPS) is 18.7. The van der Waals surface area contributed by atoms with Crippen molar-refractivity contribution in [3.63, 3.8) is 0 Å². The summed E-state index contributed by atoms with van der Waals surface area (Å²) in [5.41, 5.74) is 0.909. The smallest absolute Gasteiger partial charge is 0.232 e. The summed E-state index contributed by atoms with van der Waals surface area (Å²) in [4.78, 5) is 28.9. The lowest BCUT2D eigenvalue weighted by Crippen LogP contribution is -2.40. The molecule has 0 aliphatic carbocycles. The van der Waals surface area contributed by atoms with Gasteiger partial charge in [-0.3, -0.25) is 9.59 Å². The second kappa shape index (κ2) is 8.83. The molecule has 0 spiro atoms. The Bertz CT molecular complexity index is 547. The van der Waals surface area contributed by atoms with E-state index in [4.69, 9.17) is 4.74 Å². The fraction of sp³-hybridized carbons (Fsp3) is 0.579. The van der Waals surface area contributed by atoms with Gasteiger partial charge in [0.05, 0.1) is 18.6 Å². The Morgan fingerprint density at radius 1 is 1.38 bits per heavy atom. The zero-order valence-electron chi connectivity index (χ0n) is 14.9. The van der Waals surface area contributed by atoms with Gasteiger partial charge in [0, 0.05) is 32.3 Å². The highest BCUT2D eigenvalue weighted by Gasteiger charge is 2.38. The summed E-state index contributed by atoms with van der Waals surface area (Å²) in [6.45, 7) is 5.74. The fourth-order valence-electron chi connectivity index (χ4n) is 3.17. The molecule has 5 heteroatoms. The molecule has 0 saturated carbocycles. The zero-order chi connectivity index (χ0) is 17.5. The highest BCUT2D eigenvalue weighted by atomic mass is 16.5. The molecule has 2 atom stereocenters. The Balaban J connectivity index is 2.11. The Morgan fingerprint density at radius 3 is 2.71 bits per heavy atom. The van der Waals surface area contributed by atoms with Crippen LogP contribution in [0.5, 0.6) is 0 Å². The number of amides is 2. The van der Waals surface area contributed by atoms with Gasteiger partial charge in [-0.05, 0) is 25.5 Å². The number of carbonyl (C=O) groups is 2. The molecule has 2 amide bonds. The molecule has 132 valence electrons. The lowest BCUT2D eigenvalue weighted by atomic mass is 10.1. The maximum atomic E-state index is 13.0. The van der Waals surface area contributed by atoms with Gasteiger partial charge in [-0.25, -0.2) is 0 Å². The van der Waals surface area contributed by atoms with Crippen LogP contribution in [0.2, 0.25) is 0 Å². The van der Waals surface area contributed by atoms with E-state index in [1.807, 2.05) is 42.2 Å². The summed E-state index contributed by atoms with van der Waals surface area (Å²) in [6, 6.07) is 9.73. The number of hydrogen-bond acceptors (Lipinski definition) is 3. The molecule has 0 radical (unpaired) electrons. The van der Waals surface area contributed by atoms with Gasteiger partial charge in [-0.2, -0.15) is 0 Å². The average molecular weight is 332 g/mol. The molecule has 0 N–H and O–H groups in total. The third-order valence-corrected chi connectivity index (χ3v) is 4.52. The molecule has 1 saturated heterocycles. The van der Waals surface area contributed by atoms with Crippen LogP contribution in [0.3, 0.4) is 0 Å². The van der Waals surface area contributed by atoms with Crippen LogP contribution >= 0.6 is 0 Å². The minimum atomic E-state index is -0.270. The molecule has 1 aromatic carbocycles. The number of para-hydroxylation sites is 1. The monoisotopic (exact) mass is 332 g/mol. The quantitative estimate of drug-likeness (QED) is 0.735. The van der Waals surface area contributed by atoms with Crippen molar-refractivity contribution in [3.8, 4) is 0 Å². The molecule has 1 heterocycles. The van der Waals surface area contributed by atoms with Crippen LogP contribution in [0.15, 0.2) is 30.3 Å². The van der Waals surface area contributed by atoms with Crippen LogP contribution in [0.25, 0.3) is 0 Å². The second-order valence-electron chi connectivity index (χ2n) is 6.43. The maximum absolute atomic E-state index is 13.0. The first-order valence-electron chi connectivity index (χ1n) is 8.73. The topological polar surface area (TPSA) is 49.9 Å². The number of carbonyl (C=O) groups excluding carboxylic acids is 2. The van der Waals surface area contributed by atoms with Crippen molar-refractivity contribution in [2.75, 3.05) is 31.7 Å². The van der Waals surface area contributed by atoms with E-state index < -0.39 is 0 Å². The number of anilines is 1. The summed E-state index contributed by atoms with van der Waals surface area (Å²) in [5, 5.41) is 0. The first-order chi connectivity index (χ1) is 11.6. The molecule has 1 aliphatic heterocycles. The summed E-state index contributed by atoms with van der Waals surface area (Å²) >= 11 is 0. The Hall–Kier alpha value is -1.88. The van der Waals surface area contributed by atoms with Crippen LogP contribution < -0.4 is 4.90 Å². The van der Waals surface area contributed by atoms with Gasteiger partial charge in [0.25, 0.3) is 0 Å². The third kappa shape index (κ3) is 4.35. The van der Waals surface area contributed by atoms with Crippen molar-refractivity contribution in [1.82, 2.24) is 4.90 Å². The van der Waals surface area contributed by atoms with Crippen molar-refractivity contribution in [3.05, 3.63) is 30.3 Å². The van der Waals surface area contributed by atoms with E-state index in [-0.39, 0.29) is 23.8 Å². The first-order valence-corrected chi connectivity index (χ1v) is 8.73. The van der Waals surface area contributed by atoms with E-state index >= 15 is 0 Å². The van der Waals surface area contributed by atoms with Gasteiger partial charge >= 0.3 is 0 Å². The summed E-state index contributed by atoms with van der Waals surface area (Å²) < 4.78 is 5.14. The van der Waals surface area contributed by atoms with Crippen LogP contribution in [0.1, 0.15) is 33.1 Å². The highest BCUT2D eigenvalue weighted by molar-refractivity contribution is 5.99. The summed E-state index contributed by atoms with van der Waals surface area (Å²) in [6.07, 6.45) is 2.27. The minimum absolute atomic E-state index is 0.00103. The van der Waals surface area contributed by atoms with Crippen molar-refractivity contribution in [1.29, 1.82) is 0 Å². The zero-order valence-corrected chi connectivity index (χ0v) is 14.9. The Kier molecular flexibility index (Phi) is 6.79. The lowest BCUT2D eigenvalue weighted by molar-refractivity contribution is -0.130. The number of benzene rings is 1. The standard InChI is InChI=1S/C19H28N2O3/c1-4-5-11-20(17-9-7-6-8-10-17)19(23)16-12-18(22)21(13-16)15(2)14-24-3/h6-10,15-16H,4-5,11-14H2,1-3H3/t15-,16-/m1/s1. The maximum Gasteiger partial charge on any atom is 0.232 e. The highest BCUT2D eigenvalue weighted by Crippen LogP contribution is 2.25. The Morgan fingerprint density at radius 2 is 2.08 bits per heavy atom. The molecule has 2 rings (SSSR count). The molecular formula is C19H28N2O3. The molecule has 0 unspecified atom stereocenters. The molecule has 24 heavy (non-hydrogen) atoms. The van der Waals surface area contributed by atoms with E-state index in [1.165, 1.54) is 0 Å². The molecular weight excluding hydrogens is 304 g/mol. The molecule has 1 aliphatic rings. The number of ether oxygens (including phenoxy) is 1. The SMILES string of the molecule is CCCCN(C(=O)[C@@H]1CC(=O)N([C@H](C)COC)C1)c1ccccc1. The summed E-state index contributed by atoms with van der Waals surface area (Å²) in [5.74, 6) is -0.176. The van der Waals surface area contributed by atoms with Crippen LogP contribution in [0.4, 0.5) is 5.69 Å². The third-order valence-electron chi connectivity index (χ3n) is 4.52. The number of unbranched alkanes of at least 4 members (excludes halogenated alkanes) is 1. The molecule has 0 aromatic heterocycles. The molecule has 1 aromatic rings. The van der Waals surface area contributed by atoms with Crippen LogP contribution in [-0.4, -0.2) is 49.6 Å². The van der Waals surface area contributed by atoms with Crippen LogP contribution in [-0.2, 0) is 14.3 Å². The van der Waals surface area contributed by atoms with Gasteiger partial charge in [-0.15, -0.1) is 0 Å². The van der Waals surface area contributed by atoms with E-state index in [0.29, 0.717) is 26.1 Å². The van der Waals surface area contributed by atoms with Crippen molar-refractivity contribution < 1.29 is 14.3 Å². The van der Waals surface area contributed by atoms with Crippen molar-refractivity contribution in [2.45, 2.75) is 39.2 Å². The van der Waals surface area contributed by atoms with Gasteiger partial charge in [-0.1, -0.05) is 31.5 Å². The minimum Gasteiger partial charge on any atom is -0.383 e. The van der Waals surface area contributed by atoms with E-state index in [1.54, 1.807) is 12.0 Å². The van der Waals surface area contributed by atoms with Crippen molar-refractivity contribution >= 4 is 17.5 Å². The van der Waals surface area contributed by atoms with Gasteiger partial charge in [0.1, 0.15) is 0 Å². The molecule has 5 nitrogen and oxygen atoms in total. The van der Waals surface area contributed by atoms with Gasteiger partial charge < -0.3 is 14.5 Å². The van der Waals surface area contributed by atoms with Gasteiger partial charge in [0.2, 0.25) is 11.8 Å². The lowest BCUT2D eigenvalue weighted by Gasteiger charge is -2.27. The van der Waals surface area contributed by atoms with Crippen molar-refractivity contribution in [2.24, 2.45) is 5.92 Å². The van der Waals surface area contributed by atoms with Gasteiger partial charge in [0.15, 0.2) is 0 Å². The van der Waals surface area contributed by atoms with E-state index in [0.717, 1.165) is 18.5 Å². The van der Waals surface area contributed by atoms with Crippen LogP contribution in [0, 0.1) is 5.92 Å². The average Bonchev–Trinajstić information content (AvgIpc) is 2.98.